The predicted octanol–water partition coefficient (Wildman–Crippen LogP) is 0.980. The summed E-state index contributed by atoms with van der Waals surface area (Å²) in [5.74, 6) is -4.35. The quantitative estimate of drug-likeness (QED) is 0.814. The lowest BCUT2D eigenvalue weighted by atomic mass is 10.1. The molecule has 0 bridgehead atoms. The van der Waals surface area contributed by atoms with Gasteiger partial charge in [0.25, 0.3) is 17.4 Å². The van der Waals surface area contributed by atoms with E-state index in [2.05, 4.69) is 0 Å². The van der Waals surface area contributed by atoms with Gasteiger partial charge in [0.15, 0.2) is 11.6 Å². The number of benzene rings is 1. The molecule has 0 aliphatic carbocycles. The van der Waals surface area contributed by atoms with E-state index in [4.69, 9.17) is 10.5 Å². The van der Waals surface area contributed by atoms with Gasteiger partial charge in [0.1, 0.15) is 11.6 Å². The predicted molar refractivity (Wildman–Crippen MR) is 79.3 cm³/mol. The largest absolute Gasteiger partial charge is 0.489 e. The SMILES string of the molecule is CCOc1c(F)cc(F)cc1-n1c(N)c2c(cc1=O)C(=O)NC2=O. The van der Waals surface area contributed by atoms with Gasteiger partial charge in [0, 0.05) is 18.2 Å². The number of hydrogen-bond donors (Lipinski definition) is 2. The van der Waals surface area contributed by atoms with Gasteiger partial charge in [-0.15, -0.1) is 0 Å². The number of ether oxygens (including phenoxy) is 1. The minimum Gasteiger partial charge on any atom is -0.489 e. The van der Waals surface area contributed by atoms with Crippen LogP contribution in [0.2, 0.25) is 0 Å². The van der Waals surface area contributed by atoms with Crippen molar-refractivity contribution in [3.8, 4) is 11.4 Å². The number of nitrogens with one attached hydrogen (secondary N) is 1. The smallest absolute Gasteiger partial charge is 0.262 e. The molecule has 24 heavy (non-hydrogen) atoms. The monoisotopic (exact) mass is 335 g/mol. The van der Waals surface area contributed by atoms with Crippen molar-refractivity contribution < 1.29 is 23.1 Å². The van der Waals surface area contributed by atoms with Gasteiger partial charge >= 0.3 is 0 Å². The van der Waals surface area contributed by atoms with Crippen molar-refractivity contribution in [3.63, 3.8) is 0 Å². The minimum atomic E-state index is -1.03. The van der Waals surface area contributed by atoms with E-state index in [0.717, 1.165) is 16.7 Å². The number of carbonyl (C=O) groups is 2. The molecule has 1 aliphatic rings. The van der Waals surface area contributed by atoms with Gasteiger partial charge in [0.2, 0.25) is 0 Å². The van der Waals surface area contributed by atoms with E-state index in [1.54, 1.807) is 6.92 Å². The van der Waals surface area contributed by atoms with Crippen molar-refractivity contribution in [2.75, 3.05) is 12.3 Å². The molecule has 1 aromatic heterocycles. The average Bonchev–Trinajstić information content (AvgIpc) is 2.77. The number of aromatic nitrogens is 1. The molecule has 3 N–H and O–H groups in total. The third-order valence-electron chi connectivity index (χ3n) is 3.47. The summed E-state index contributed by atoms with van der Waals surface area (Å²) in [4.78, 5) is 35.8. The summed E-state index contributed by atoms with van der Waals surface area (Å²) in [6, 6.07) is 2.33. The molecule has 0 spiro atoms. The Morgan fingerprint density at radius 3 is 2.54 bits per heavy atom. The van der Waals surface area contributed by atoms with Crippen molar-refractivity contribution in [1.29, 1.82) is 0 Å². The summed E-state index contributed by atoms with van der Waals surface area (Å²) >= 11 is 0. The molecule has 0 atom stereocenters. The van der Waals surface area contributed by atoms with Crippen molar-refractivity contribution in [2.45, 2.75) is 6.92 Å². The first-order valence-corrected chi connectivity index (χ1v) is 6.88. The number of hydrogen-bond acceptors (Lipinski definition) is 5. The van der Waals surface area contributed by atoms with Crippen LogP contribution in [-0.2, 0) is 0 Å². The lowest BCUT2D eigenvalue weighted by Crippen LogP contribution is -2.25. The van der Waals surface area contributed by atoms with Gasteiger partial charge in [-0.2, -0.15) is 0 Å². The number of nitrogens with two attached hydrogens (primary N) is 1. The Morgan fingerprint density at radius 1 is 1.17 bits per heavy atom. The maximum absolute atomic E-state index is 14.0. The number of halogens is 2. The molecule has 7 nitrogen and oxygen atoms in total. The van der Waals surface area contributed by atoms with Crippen LogP contribution in [0.1, 0.15) is 27.6 Å². The maximum atomic E-state index is 14.0. The van der Waals surface area contributed by atoms with Gasteiger partial charge in [-0.25, -0.2) is 8.78 Å². The zero-order valence-corrected chi connectivity index (χ0v) is 12.4. The molecule has 3 rings (SSSR count). The van der Waals surface area contributed by atoms with Crippen molar-refractivity contribution in [1.82, 2.24) is 9.88 Å². The highest BCUT2D eigenvalue weighted by molar-refractivity contribution is 6.23. The van der Waals surface area contributed by atoms with Gasteiger partial charge in [-0.05, 0) is 6.92 Å². The lowest BCUT2D eigenvalue weighted by molar-refractivity contribution is 0.0880. The van der Waals surface area contributed by atoms with Crippen LogP contribution < -0.4 is 21.3 Å². The van der Waals surface area contributed by atoms with Crippen LogP contribution >= 0.6 is 0 Å². The van der Waals surface area contributed by atoms with E-state index in [0.29, 0.717) is 6.07 Å². The molecule has 0 fully saturated rings. The molecular weight excluding hydrogens is 324 g/mol. The fourth-order valence-corrected chi connectivity index (χ4v) is 2.53. The van der Waals surface area contributed by atoms with Gasteiger partial charge in [0.05, 0.1) is 23.4 Å². The fraction of sp³-hybridized carbons (Fsp3) is 0.133. The van der Waals surface area contributed by atoms with E-state index in [9.17, 15) is 23.2 Å². The zero-order valence-electron chi connectivity index (χ0n) is 12.4. The Labute approximate surface area is 133 Å². The summed E-state index contributed by atoms with van der Waals surface area (Å²) in [6.07, 6.45) is 0. The zero-order chi connectivity index (χ0) is 17.6. The molecular formula is C15H11F2N3O4. The van der Waals surface area contributed by atoms with E-state index in [1.807, 2.05) is 5.32 Å². The van der Waals surface area contributed by atoms with Crippen LogP contribution in [0, 0.1) is 11.6 Å². The normalized spacial score (nSPS) is 13.0. The van der Waals surface area contributed by atoms with Crippen LogP contribution in [0.4, 0.5) is 14.6 Å². The number of nitrogen functional groups attached to an aromatic ring is 1. The second kappa shape index (κ2) is 5.44. The average molecular weight is 335 g/mol. The van der Waals surface area contributed by atoms with E-state index < -0.39 is 40.6 Å². The molecule has 1 aliphatic heterocycles. The van der Waals surface area contributed by atoms with Crippen molar-refractivity contribution in [3.05, 3.63) is 51.3 Å². The highest BCUT2D eigenvalue weighted by Gasteiger charge is 2.32. The number of anilines is 1. The second-order valence-electron chi connectivity index (χ2n) is 4.94. The third-order valence-corrected chi connectivity index (χ3v) is 3.47. The number of pyridine rings is 1. The highest BCUT2D eigenvalue weighted by Crippen LogP contribution is 2.31. The number of nitrogens with zero attached hydrogens (tertiary/aromatic N) is 1. The summed E-state index contributed by atoms with van der Waals surface area (Å²) in [6.45, 7) is 1.63. The second-order valence-corrected chi connectivity index (χ2v) is 4.94. The lowest BCUT2D eigenvalue weighted by Gasteiger charge is -2.16. The first kappa shape index (κ1) is 15.7. The van der Waals surface area contributed by atoms with Crippen LogP contribution in [0.25, 0.3) is 5.69 Å². The molecule has 2 aromatic rings. The van der Waals surface area contributed by atoms with E-state index in [-0.39, 0.29) is 23.4 Å². The van der Waals surface area contributed by atoms with Crippen LogP contribution in [0.15, 0.2) is 23.0 Å². The summed E-state index contributed by atoms with van der Waals surface area (Å²) < 4.78 is 33.5. The van der Waals surface area contributed by atoms with Crippen molar-refractivity contribution >= 4 is 17.6 Å². The Hall–Kier alpha value is -3.23. The number of fused-ring (bicyclic) bond motifs is 1. The first-order chi connectivity index (χ1) is 11.3. The number of rotatable bonds is 3. The Bertz CT molecular complexity index is 953. The molecule has 2 amide bonds. The van der Waals surface area contributed by atoms with E-state index >= 15 is 0 Å². The Morgan fingerprint density at radius 2 is 1.88 bits per heavy atom. The molecule has 9 heteroatoms. The molecule has 0 radical (unpaired) electrons. The van der Waals surface area contributed by atoms with Crippen LogP contribution in [0.3, 0.4) is 0 Å². The van der Waals surface area contributed by atoms with Crippen molar-refractivity contribution in [2.24, 2.45) is 0 Å². The van der Waals surface area contributed by atoms with Crippen LogP contribution in [-0.4, -0.2) is 23.0 Å². The molecule has 124 valence electrons. The van der Waals surface area contributed by atoms with Gasteiger partial charge in [-0.1, -0.05) is 0 Å². The minimum absolute atomic E-state index is 0.0497. The van der Waals surface area contributed by atoms with Gasteiger partial charge < -0.3 is 10.5 Å². The third kappa shape index (κ3) is 2.21. The standard InChI is InChI=1S/C15H11F2N3O4/c1-2-24-12-8(17)3-6(16)4-9(12)20-10(21)5-7-11(13(20)18)15(23)19-14(7)22/h3-5H,2,18H2,1H3,(H,19,22,23). The molecule has 0 unspecified atom stereocenters. The molecule has 1 aromatic carbocycles. The summed E-state index contributed by atoms with van der Waals surface area (Å²) in [5.41, 5.74) is 4.29. The Kier molecular flexibility index (Phi) is 3.55. The highest BCUT2D eigenvalue weighted by atomic mass is 19.1. The summed E-state index contributed by atoms with van der Waals surface area (Å²) in [5, 5.41) is 2.00. The Balaban J connectivity index is 2.37. The molecule has 0 saturated heterocycles. The summed E-state index contributed by atoms with van der Waals surface area (Å²) in [7, 11) is 0. The topological polar surface area (TPSA) is 103 Å². The number of amides is 2. The maximum Gasteiger partial charge on any atom is 0.262 e. The number of carbonyl (C=O) groups excluding carboxylic acids is 2. The van der Waals surface area contributed by atoms with Gasteiger partial charge in [-0.3, -0.25) is 24.3 Å². The number of imide groups is 1. The fourth-order valence-electron chi connectivity index (χ4n) is 2.53. The molecule has 0 saturated carbocycles. The van der Waals surface area contributed by atoms with Crippen LogP contribution in [0.5, 0.6) is 5.75 Å². The first-order valence-electron chi connectivity index (χ1n) is 6.88. The molecule has 2 heterocycles. The van der Waals surface area contributed by atoms with E-state index in [1.165, 1.54) is 0 Å².